The van der Waals surface area contributed by atoms with Crippen LogP contribution in [0.2, 0.25) is 0 Å². The quantitative estimate of drug-likeness (QED) is 0.311. The van der Waals surface area contributed by atoms with Gasteiger partial charge in [0.2, 0.25) is 0 Å². The number of ether oxygens (including phenoxy) is 2. The zero-order valence-electron chi connectivity index (χ0n) is 15.4. The van der Waals surface area contributed by atoms with Gasteiger partial charge in [0.15, 0.2) is 6.61 Å². The Hall–Kier alpha value is -3.43. The van der Waals surface area contributed by atoms with Crippen LogP contribution >= 0.6 is 0 Å². The molecule has 0 unspecified atom stereocenters. The van der Waals surface area contributed by atoms with Crippen LogP contribution in [0.15, 0.2) is 30.3 Å². The van der Waals surface area contributed by atoms with Crippen LogP contribution in [0.5, 0.6) is 0 Å². The van der Waals surface area contributed by atoms with Crippen LogP contribution in [0.25, 0.3) is 6.08 Å². The van der Waals surface area contributed by atoms with Crippen LogP contribution in [0.1, 0.15) is 12.5 Å². The summed E-state index contributed by atoms with van der Waals surface area (Å²) in [6.45, 7) is 2.96. The molecule has 1 saturated heterocycles. The van der Waals surface area contributed by atoms with Crippen LogP contribution in [0, 0.1) is 10.1 Å². The second-order valence-electron chi connectivity index (χ2n) is 5.86. The molecule has 0 aromatic heterocycles. The summed E-state index contributed by atoms with van der Waals surface area (Å²) in [4.78, 5) is 48.7. The summed E-state index contributed by atoms with van der Waals surface area (Å²) in [5, 5.41) is 10.7. The molecule has 0 spiro atoms. The molecule has 0 atom stereocenters. The van der Waals surface area contributed by atoms with Crippen LogP contribution in [-0.4, -0.2) is 72.1 Å². The van der Waals surface area contributed by atoms with Crippen molar-refractivity contribution in [2.24, 2.45) is 0 Å². The number of nitro groups is 1. The van der Waals surface area contributed by atoms with Crippen molar-refractivity contribution in [3.05, 3.63) is 46.0 Å². The van der Waals surface area contributed by atoms with E-state index in [1.807, 2.05) is 0 Å². The number of nitro benzene ring substituents is 1. The molecule has 28 heavy (non-hydrogen) atoms. The highest BCUT2D eigenvalue weighted by molar-refractivity contribution is 5.89. The first-order valence-corrected chi connectivity index (χ1v) is 8.69. The summed E-state index contributed by atoms with van der Waals surface area (Å²) in [6.07, 6.45) is 2.07. The molecule has 10 nitrogen and oxygen atoms in total. The summed E-state index contributed by atoms with van der Waals surface area (Å²) in [5.74, 6) is -1.09. The minimum absolute atomic E-state index is 0.0901. The Morgan fingerprint density at radius 1 is 1.14 bits per heavy atom. The van der Waals surface area contributed by atoms with Gasteiger partial charge in [0.25, 0.3) is 11.6 Å². The molecule has 1 aliphatic rings. The van der Waals surface area contributed by atoms with Crippen molar-refractivity contribution in [2.45, 2.75) is 6.92 Å². The van der Waals surface area contributed by atoms with E-state index in [2.05, 4.69) is 0 Å². The topological polar surface area (TPSA) is 119 Å². The van der Waals surface area contributed by atoms with Gasteiger partial charge in [-0.2, -0.15) is 0 Å². The van der Waals surface area contributed by atoms with Gasteiger partial charge in [0.1, 0.15) is 0 Å². The molecule has 1 heterocycles. The fourth-order valence-corrected chi connectivity index (χ4v) is 2.53. The molecular weight excluding hydrogens is 370 g/mol. The van der Waals surface area contributed by atoms with E-state index in [1.165, 1.54) is 34.1 Å². The number of hydrogen-bond donors (Lipinski definition) is 0. The fraction of sp³-hybridized carbons (Fsp3) is 0.389. The molecule has 2 rings (SSSR count). The van der Waals surface area contributed by atoms with Crippen molar-refractivity contribution in [1.29, 1.82) is 0 Å². The van der Waals surface area contributed by atoms with Gasteiger partial charge >= 0.3 is 12.1 Å². The normalized spacial score (nSPS) is 14.0. The maximum absolute atomic E-state index is 12.1. The summed E-state index contributed by atoms with van der Waals surface area (Å²) < 4.78 is 9.82. The summed E-state index contributed by atoms with van der Waals surface area (Å²) >= 11 is 0. The zero-order chi connectivity index (χ0) is 20.5. The lowest BCUT2D eigenvalue weighted by molar-refractivity contribution is -0.384. The number of carbonyl (C=O) groups is 3. The lowest BCUT2D eigenvalue weighted by Crippen LogP contribution is -2.51. The van der Waals surface area contributed by atoms with Gasteiger partial charge in [-0.1, -0.05) is 12.1 Å². The molecule has 0 saturated carbocycles. The molecule has 1 fully saturated rings. The maximum Gasteiger partial charge on any atom is 0.409 e. The Morgan fingerprint density at radius 3 is 2.46 bits per heavy atom. The van der Waals surface area contributed by atoms with Crippen LogP contribution in [0.4, 0.5) is 10.5 Å². The Morgan fingerprint density at radius 2 is 1.82 bits per heavy atom. The smallest absolute Gasteiger partial charge is 0.409 e. The van der Waals surface area contributed by atoms with Gasteiger partial charge in [-0.25, -0.2) is 9.59 Å². The number of nitrogens with zero attached hydrogens (tertiary/aromatic N) is 3. The van der Waals surface area contributed by atoms with Gasteiger partial charge < -0.3 is 19.3 Å². The number of hydrogen-bond acceptors (Lipinski definition) is 7. The zero-order valence-corrected chi connectivity index (χ0v) is 15.4. The summed E-state index contributed by atoms with van der Waals surface area (Å²) in [7, 11) is 0. The Kier molecular flexibility index (Phi) is 7.49. The van der Waals surface area contributed by atoms with Crippen molar-refractivity contribution in [2.75, 3.05) is 39.4 Å². The largest absolute Gasteiger partial charge is 0.452 e. The predicted molar refractivity (Wildman–Crippen MR) is 98.3 cm³/mol. The van der Waals surface area contributed by atoms with Crippen molar-refractivity contribution in [1.82, 2.24) is 9.80 Å². The van der Waals surface area contributed by atoms with E-state index in [4.69, 9.17) is 9.47 Å². The van der Waals surface area contributed by atoms with Gasteiger partial charge in [0, 0.05) is 44.4 Å². The van der Waals surface area contributed by atoms with E-state index < -0.39 is 23.6 Å². The van der Waals surface area contributed by atoms with Crippen molar-refractivity contribution in [3.8, 4) is 0 Å². The van der Waals surface area contributed by atoms with Gasteiger partial charge in [-0.05, 0) is 18.6 Å². The summed E-state index contributed by atoms with van der Waals surface area (Å²) in [5.41, 5.74) is 0.375. The fourth-order valence-electron chi connectivity index (χ4n) is 2.53. The van der Waals surface area contributed by atoms with Crippen molar-refractivity contribution >= 4 is 29.7 Å². The third kappa shape index (κ3) is 6.08. The highest BCUT2D eigenvalue weighted by atomic mass is 16.6. The second kappa shape index (κ2) is 10.0. The Labute approximate surface area is 161 Å². The SMILES string of the molecule is CCOC(=O)N1CCN(C(=O)COC(=O)/C=C/c2cccc([N+](=O)[O-])c2)CC1. The number of carbonyl (C=O) groups excluding carboxylic acids is 3. The average Bonchev–Trinajstić information content (AvgIpc) is 2.71. The lowest BCUT2D eigenvalue weighted by Gasteiger charge is -2.33. The Bertz CT molecular complexity index is 770. The number of non-ortho nitro benzene ring substituents is 1. The number of benzene rings is 1. The average molecular weight is 391 g/mol. The molecule has 10 heteroatoms. The number of piperazine rings is 1. The molecule has 150 valence electrons. The molecule has 1 aliphatic heterocycles. The van der Waals surface area contributed by atoms with Crippen LogP contribution < -0.4 is 0 Å². The van der Waals surface area contributed by atoms with E-state index >= 15 is 0 Å². The first-order chi connectivity index (χ1) is 13.4. The van der Waals surface area contributed by atoms with E-state index in [0.717, 1.165) is 6.08 Å². The standard InChI is InChI=1S/C18H21N3O7/c1-2-27-18(24)20-10-8-19(9-11-20)16(22)13-28-17(23)7-6-14-4-3-5-15(12-14)21(25)26/h3-7,12H,2,8-11,13H2,1H3/b7-6+. The molecule has 0 radical (unpaired) electrons. The van der Waals surface area contributed by atoms with Crippen LogP contribution in [0.3, 0.4) is 0 Å². The first kappa shape index (κ1) is 20.9. The van der Waals surface area contributed by atoms with Crippen molar-refractivity contribution in [3.63, 3.8) is 0 Å². The molecule has 0 aliphatic carbocycles. The first-order valence-electron chi connectivity index (χ1n) is 8.69. The highest BCUT2D eigenvalue weighted by Gasteiger charge is 2.25. The molecular formula is C18H21N3O7. The van der Waals surface area contributed by atoms with E-state index in [-0.39, 0.29) is 18.2 Å². The summed E-state index contributed by atoms with van der Waals surface area (Å²) in [6, 6.07) is 5.77. The molecule has 2 amide bonds. The Balaban J connectivity index is 1.77. The molecule has 1 aromatic rings. The second-order valence-corrected chi connectivity index (χ2v) is 5.86. The number of amides is 2. The monoisotopic (exact) mass is 391 g/mol. The van der Waals surface area contributed by atoms with E-state index in [1.54, 1.807) is 13.0 Å². The minimum atomic E-state index is -0.731. The van der Waals surface area contributed by atoms with Gasteiger partial charge in [-0.3, -0.25) is 14.9 Å². The number of esters is 1. The highest BCUT2D eigenvalue weighted by Crippen LogP contribution is 2.14. The maximum atomic E-state index is 12.1. The molecule has 1 aromatic carbocycles. The third-order valence-electron chi connectivity index (χ3n) is 3.99. The molecule has 0 bridgehead atoms. The predicted octanol–water partition coefficient (Wildman–Crippen LogP) is 1.45. The molecule has 0 N–H and O–H groups in total. The van der Waals surface area contributed by atoms with E-state index in [0.29, 0.717) is 31.7 Å². The van der Waals surface area contributed by atoms with E-state index in [9.17, 15) is 24.5 Å². The van der Waals surface area contributed by atoms with Gasteiger partial charge in [-0.15, -0.1) is 0 Å². The van der Waals surface area contributed by atoms with Crippen LogP contribution in [-0.2, 0) is 19.1 Å². The number of rotatable bonds is 6. The third-order valence-corrected chi connectivity index (χ3v) is 3.99. The minimum Gasteiger partial charge on any atom is -0.452 e. The van der Waals surface area contributed by atoms with Gasteiger partial charge in [0.05, 0.1) is 11.5 Å². The van der Waals surface area contributed by atoms with Crippen molar-refractivity contribution < 1.29 is 28.8 Å². The lowest BCUT2D eigenvalue weighted by atomic mass is 10.2.